The minimum absolute atomic E-state index is 0.177. The molecule has 0 bridgehead atoms. The van der Waals surface area contributed by atoms with Crippen molar-refractivity contribution in [1.82, 2.24) is 25.5 Å². The summed E-state index contributed by atoms with van der Waals surface area (Å²) in [6.07, 6.45) is 5.65. The maximum Gasteiger partial charge on any atom is 0.159 e. The van der Waals surface area contributed by atoms with E-state index in [1.54, 1.807) is 24.3 Å². The second-order valence-corrected chi connectivity index (χ2v) is 8.95. The Balaban J connectivity index is 1.51. The molecule has 1 unspecified atom stereocenters. The number of aromatic hydroxyl groups is 1. The van der Waals surface area contributed by atoms with E-state index in [9.17, 15) is 5.11 Å². The third-order valence-corrected chi connectivity index (χ3v) is 6.56. The highest BCUT2D eigenvalue weighted by Gasteiger charge is 2.22. The molecular weight excluding hydrogens is 417 g/mol. The smallest absolute Gasteiger partial charge is 0.159 e. The SMILES string of the molecule is CCc1cc(O)ccc1-c1ccc2c(-c3ncc(C4=CCNC(C(C)C)C4)[nH]3)[nH]nc2c1F. The van der Waals surface area contributed by atoms with E-state index in [1.807, 2.05) is 19.2 Å². The second kappa shape index (κ2) is 8.48. The number of halogens is 1. The van der Waals surface area contributed by atoms with Gasteiger partial charge in [-0.15, -0.1) is 0 Å². The van der Waals surface area contributed by atoms with Crippen molar-refractivity contribution in [2.45, 2.75) is 39.7 Å². The Morgan fingerprint density at radius 1 is 1.18 bits per heavy atom. The Morgan fingerprint density at radius 2 is 2.00 bits per heavy atom. The summed E-state index contributed by atoms with van der Waals surface area (Å²) >= 11 is 0. The fraction of sp³-hybridized carbons (Fsp3) is 0.308. The molecule has 33 heavy (non-hydrogen) atoms. The number of imidazole rings is 1. The zero-order valence-electron chi connectivity index (χ0n) is 19.0. The lowest BCUT2D eigenvalue weighted by Gasteiger charge is -2.26. The van der Waals surface area contributed by atoms with Gasteiger partial charge in [0.15, 0.2) is 11.6 Å². The molecule has 0 fully saturated rings. The summed E-state index contributed by atoms with van der Waals surface area (Å²) in [5, 5.41) is 21.3. The van der Waals surface area contributed by atoms with Gasteiger partial charge in [-0.3, -0.25) is 5.10 Å². The number of aryl methyl sites for hydroxylation is 1. The molecule has 0 spiro atoms. The van der Waals surface area contributed by atoms with E-state index in [4.69, 9.17) is 0 Å². The molecule has 6 nitrogen and oxygen atoms in total. The number of nitrogens with zero attached hydrogens (tertiary/aromatic N) is 2. The van der Waals surface area contributed by atoms with Crippen molar-refractivity contribution < 1.29 is 9.50 Å². The lowest BCUT2D eigenvalue weighted by atomic mass is 9.92. The molecule has 0 aliphatic carbocycles. The van der Waals surface area contributed by atoms with Crippen LogP contribution in [0, 0.1) is 11.7 Å². The van der Waals surface area contributed by atoms with Crippen molar-refractivity contribution in [3.63, 3.8) is 0 Å². The van der Waals surface area contributed by atoms with Crippen LogP contribution in [0.2, 0.25) is 0 Å². The summed E-state index contributed by atoms with van der Waals surface area (Å²) in [6, 6.07) is 9.09. The van der Waals surface area contributed by atoms with Crippen LogP contribution < -0.4 is 5.32 Å². The molecule has 2 aromatic carbocycles. The van der Waals surface area contributed by atoms with E-state index >= 15 is 4.39 Å². The maximum atomic E-state index is 15.5. The maximum absolute atomic E-state index is 15.5. The van der Waals surface area contributed by atoms with E-state index in [1.165, 1.54) is 5.57 Å². The molecule has 3 heterocycles. The topological polar surface area (TPSA) is 89.6 Å². The van der Waals surface area contributed by atoms with E-state index < -0.39 is 0 Å². The number of hydrogen-bond donors (Lipinski definition) is 4. The number of phenols is 1. The fourth-order valence-corrected chi connectivity index (χ4v) is 4.60. The first kappa shape index (κ1) is 21.4. The average Bonchev–Trinajstić information content (AvgIpc) is 3.47. The van der Waals surface area contributed by atoms with Crippen LogP contribution in [-0.2, 0) is 6.42 Å². The number of H-pyrrole nitrogens is 2. The number of phenolic OH excluding ortho intramolecular Hbond substituents is 1. The lowest BCUT2D eigenvalue weighted by molar-refractivity contribution is 0.412. The Bertz CT molecular complexity index is 1350. The number of fused-ring (bicyclic) bond motifs is 1. The molecule has 7 heteroatoms. The quantitative estimate of drug-likeness (QED) is 0.330. The first-order chi connectivity index (χ1) is 16.0. The van der Waals surface area contributed by atoms with Gasteiger partial charge in [-0.05, 0) is 53.7 Å². The van der Waals surface area contributed by atoms with Gasteiger partial charge in [0.25, 0.3) is 0 Å². The highest BCUT2D eigenvalue weighted by atomic mass is 19.1. The van der Waals surface area contributed by atoms with Crippen LogP contribution in [0.3, 0.4) is 0 Å². The van der Waals surface area contributed by atoms with Gasteiger partial charge in [-0.25, -0.2) is 9.37 Å². The minimum Gasteiger partial charge on any atom is -0.508 e. The van der Waals surface area contributed by atoms with Crippen LogP contribution >= 0.6 is 0 Å². The van der Waals surface area contributed by atoms with Crippen LogP contribution in [-0.4, -0.2) is 37.9 Å². The Hall–Kier alpha value is -3.45. The molecular formula is C26H28FN5O. The summed E-state index contributed by atoms with van der Waals surface area (Å²) in [5.74, 6) is 0.977. The van der Waals surface area contributed by atoms with Crippen LogP contribution in [0.4, 0.5) is 4.39 Å². The van der Waals surface area contributed by atoms with E-state index in [0.29, 0.717) is 40.8 Å². The highest BCUT2D eigenvalue weighted by molar-refractivity contribution is 5.94. The molecule has 0 saturated carbocycles. The Labute approximate surface area is 192 Å². The first-order valence-electron chi connectivity index (χ1n) is 11.4. The van der Waals surface area contributed by atoms with Gasteiger partial charge < -0.3 is 15.4 Å². The molecule has 0 amide bonds. The highest BCUT2D eigenvalue weighted by Crippen LogP contribution is 2.35. The van der Waals surface area contributed by atoms with E-state index in [-0.39, 0.29) is 17.1 Å². The van der Waals surface area contributed by atoms with Gasteiger partial charge in [0, 0.05) is 23.5 Å². The summed E-state index contributed by atoms with van der Waals surface area (Å²) in [7, 11) is 0. The summed E-state index contributed by atoms with van der Waals surface area (Å²) in [5.41, 5.74) is 5.27. The van der Waals surface area contributed by atoms with Crippen LogP contribution in [0.1, 0.15) is 38.4 Å². The van der Waals surface area contributed by atoms with Crippen LogP contribution in [0.15, 0.2) is 42.6 Å². The number of benzene rings is 2. The standard InChI is InChI=1S/C26H28FN5O/c1-4-15-11-17(33)5-6-18(15)19-7-8-20-24(23(19)27)31-32-25(20)26-29-13-22(30-26)16-9-10-28-21(12-16)14(2)3/h5-9,11,13-14,21,28,33H,4,10,12H2,1-3H3,(H,29,30)(H,31,32). The van der Waals surface area contributed by atoms with Crippen molar-refractivity contribution in [2.24, 2.45) is 5.92 Å². The molecule has 0 radical (unpaired) electrons. The normalized spacial score (nSPS) is 16.5. The zero-order valence-corrected chi connectivity index (χ0v) is 19.0. The van der Waals surface area contributed by atoms with E-state index in [2.05, 4.69) is 45.4 Å². The van der Waals surface area contributed by atoms with Gasteiger partial charge in [-0.1, -0.05) is 39.0 Å². The predicted molar refractivity (Wildman–Crippen MR) is 129 cm³/mol. The molecule has 2 aromatic heterocycles. The second-order valence-electron chi connectivity index (χ2n) is 8.95. The van der Waals surface area contributed by atoms with Crippen molar-refractivity contribution in [2.75, 3.05) is 6.54 Å². The number of hydrogen-bond acceptors (Lipinski definition) is 4. The van der Waals surface area contributed by atoms with Gasteiger partial charge in [0.2, 0.25) is 0 Å². The predicted octanol–water partition coefficient (Wildman–Crippen LogP) is 5.43. The molecule has 1 aliphatic rings. The van der Waals surface area contributed by atoms with E-state index in [0.717, 1.165) is 29.8 Å². The molecule has 4 aromatic rings. The molecule has 0 saturated heterocycles. The van der Waals surface area contributed by atoms with Crippen molar-refractivity contribution in [3.8, 4) is 28.4 Å². The average molecular weight is 446 g/mol. The Morgan fingerprint density at radius 3 is 2.79 bits per heavy atom. The number of nitrogens with one attached hydrogen (secondary N) is 3. The number of rotatable bonds is 5. The van der Waals surface area contributed by atoms with Crippen molar-refractivity contribution in [1.29, 1.82) is 0 Å². The molecule has 1 aliphatic heterocycles. The fourth-order valence-electron chi connectivity index (χ4n) is 4.60. The van der Waals surface area contributed by atoms with Crippen molar-refractivity contribution >= 4 is 16.5 Å². The summed E-state index contributed by atoms with van der Waals surface area (Å²) in [4.78, 5) is 7.96. The minimum atomic E-state index is -0.386. The lowest BCUT2D eigenvalue weighted by Crippen LogP contribution is -2.36. The molecule has 5 rings (SSSR count). The zero-order chi connectivity index (χ0) is 23.1. The van der Waals surface area contributed by atoms with Gasteiger partial charge in [0.05, 0.1) is 11.9 Å². The van der Waals surface area contributed by atoms with Gasteiger partial charge in [-0.2, -0.15) is 5.10 Å². The molecule has 1 atom stereocenters. The van der Waals surface area contributed by atoms with Crippen LogP contribution in [0.25, 0.3) is 39.1 Å². The third-order valence-electron chi connectivity index (χ3n) is 6.56. The largest absolute Gasteiger partial charge is 0.508 e. The summed E-state index contributed by atoms with van der Waals surface area (Å²) < 4.78 is 15.5. The first-order valence-corrected chi connectivity index (χ1v) is 11.4. The molecule has 170 valence electrons. The van der Waals surface area contributed by atoms with Crippen molar-refractivity contribution in [3.05, 3.63) is 59.7 Å². The molecule has 4 N–H and O–H groups in total. The summed E-state index contributed by atoms with van der Waals surface area (Å²) in [6.45, 7) is 7.27. The third kappa shape index (κ3) is 3.82. The van der Waals surface area contributed by atoms with Gasteiger partial charge >= 0.3 is 0 Å². The Kier molecular flexibility index (Phi) is 5.50. The van der Waals surface area contributed by atoms with Gasteiger partial charge in [0.1, 0.15) is 17.0 Å². The monoisotopic (exact) mass is 445 g/mol. The van der Waals surface area contributed by atoms with Crippen LogP contribution in [0.5, 0.6) is 5.75 Å². The number of aromatic amines is 2. The number of aromatic nitrogens is 4.